The van der Waals surface area contributed by atoms with Crippen LogP contribution < -0.4 is 9.47 Å². The third-order valence-corrected chi connectivity index (χ3v) is 5.30. The van der Waals surface area contributed by atoms with Crippen LogP contribution >= 0.6 is 0 Å². The first-order chi connectivity index (χ1) is 14.0. The standard InChI is InChI=1S/C23H23N3O3/c1-13(2)15-6-4-5-7-19(15)29-20-9-8-14(10-21(20)28-3)16-11-18(27)22(24)23-17(16)12-25-26-23/h4-10,12-13,16,24H,11H2,1-3H3,(H,25,26). The number of methoxy groups -OCH3 is 1. The molecule has 0 spiro atoms. The number of rotatable bonds is 5. The lowest BCUT2D eigenvalue weighted by Crippen LogP contribution is -2.25. The van der Waals surface area contributed by atoms with Crippen LogP contribution in [0.1, 0.15) is 54.5 Å². The number of H-pyrrole nitrogens is 1. The Hall–Kier alpha value is -3.41. The molecule has 2 aromatic carbocycles. The van der Waals surface area contributed by atoms with Crippen molar-refractivity contribution in [3.8, 4) is 17.2 Å². The van der Waals surface area contributed by atoms with Gasteiger partial charge in [-0.05, 0) is 35.2 Å². The summed E-state index contributed by atoms with van der Waals surface area (Å²) < 4.78 is 11.8. The molecule has 0 bridgehead atoms. The Kier molecular flexibility index (Phi) is 4.92. The van der Waals surface area contributed by atoms with Gasteiger partial charge in [0.25, 0.3) is 0 Å². The summed E-state index contributed by atoms with van der Waals surface area (Å²) in [7, 11) is 1.60. The number of ether oxygens (including phenoxy) is 2. The summed E-state index contributed by atoms with van der Waals surface area (Å²) in [5.41, 5.74) is 3.30. The topological polar surface area (TPSA) is 88.1 Å². The zero-order chi connectivity index (χ0) is 20.5. The fourth-order valence-corrected chi connectivity index (χ4v) is 3.75. The van der Waals surface area contributed by atoms with Gasteiger partial charge in [0.1, 0.15) is 17.2 Å². The third kappa shape index (κ3) is 3.42. The highest BCUT2D eigenvalue weighted by Gasteiger charge is 2.33. The van der Waals surface area contributed by atoms with E-state index in [-0.39, 0.29) is 23.8 Å². The van der Waals surface area contributed by atoms with Crippen LogP contribution in [0.4, 0.5) is 0 Å². The zero-order valence-corrected chi connectivity index (χ0v) is 16.7. The molecule has 3 aromatic rings. The van der Waals surface area contributed by atoms with Crippen molar-refractivity contribution >= 4 is 11.5 Å². The summed E-state index contributed by atoms with van der Waals surface area (Å²) in [4.78, 5) is 12.3. The van der Waals surface area contributed by atoms with Crippen LogP contribution in [0.25, 0.3) is 0 Å². The van der Waals surface area contributed by atoms with Crippen molar-refractivity contribution < 1.29 is 14.3 Å². The Bertz CT molecular complexity index is 1080. The van der Waals surface area contributed by atoms with Crippen molar-refractivity contribution in [1.29, 1.82) is 5.41 Å². The Balaban J connectivity index is 1.69. The molecule has 6 heteroatoms. The summed E-state index contributed by atoms with van der Waals surface area (Å²) in [5.74, 6) is 1.97. The van der Waals surface area contributed by atoms with E-state index in [1.807, 2.05) is 36.4 Å². The number of ketones is 1. The molecule has 1 aliphatic carbocycles. The second-order valence-corrected chi connectivity index (χ2v) is 7.45. The van der Waals surface area contributed by atoms with E-state index in [1.165, 1.54) is 0 Å². The van der Waals surface area contributed by atoms with Gasteiger partial charge in [-0.1, -0.05) is 38.1 Å². The number of carbonyl (C=O) groups excluding carboxylic acids is 1. The molecule has 0 fully saturated rings. The molecule has 6 nitrogen and oxygen atoms in total. The van der Waals surface area contributed by atoms with Crippen molar-refractivity contribution in [1.82, 2.24) is 10.2 Å². The minimum Gasteiger partial charge on any atom is -0.493 e. The van der Waals surface area contributed by atoms with Gasteiger partial charge in [0.2, 0.25) is 0 Å². The molecule has 0 radical (unpaired) electrons. The average molecular weight is 389 g/mol. The van der Waals surface area contributed by atoms with E-state index < -0.39 is 0 Å². The van der Waals surface area contributed by atoms with Crippen LogP contribution in [0.2, 0.25) is 0 Å². The maximum Gasteiger partial charge on any atom is 0.183 e. The highest BCUT2D eigenvalue weighted by molar-refractivity contribution is 6.45. The van der Waals surface area contributed by atoms with Crippen molar-refractivity contribution in [3.63, 3.8) is 0 Å². The first kappa shape index (κ1) is 18.9. The summed E-state index contributed by atoms with van der Waals surface area (Å²) in [6, 6.07) is 13.7. The van der Waals surface area contributed by atoms with Gasteiger partial charge in [-0.15, -0.1) is 0 Å². The number of aromatic amines is 1. The Morgan fingerprint density at radius 1 is 1.14 bits per heavy atom. The number of nitrogens with one attached hydrogen (secondary N) is 2. The SMILES string of the molecule is COc1cc(C2CC(=O)C(=N)c3n[nH]cc32)ccc1Oc1ccccc1C(C)C. The van der Waals surface area contributed by atoms with E-state index >= 15 is 0 Å². The molecule has 1 heterocycles. The predicted molar refractivity (Wildman–Crippen MR) is 110 cm³/mol. The second-order valence-electron chi connectivity index (χ2n) is 7.45. The predicted octanol–water partition coefficient (Wildman–Crippen LogP) is 4.81. The number of aromatic nitrogens is 2. The number of hydrogen-bond acceptors (Lipinski definition) is 5. The Labute approximate surface area is 169 Å². The lowest BCUT2D eigenvalue weighted by Gasteiger charge is -2.23. The number of para-hydroxylation sites is 1. The number of carbonyl (C=O) groups is 1. The number of Topliss-reactive ketones (excluding diaryl/α,β-unsaturated/α-hetero) is 1. The maximum atomic E-state index is 12.3. The van der Waals surface area contributed by atoms with Crippen LogP contribution in [0.3, 0.4) is 0 Å². The monoisotopic (exact) mass is 389 g/mol. The summed E-state index contributed by atoms with van der Waals surface area (Å²) in [6.45, 7) is 4.26. The normalized spacial score (nSPS) is 16.1. The van der Waals surface area contributed by atoms with Crippen LogP contribution in [0, 0.1) is 5.41 Å². The van der Waals surface area contributed by atoms with E-state index in [0.717, 1.165) is 22.4 Å². The second kappa shape index (κ2) is 7.54. The van der Waals surface area contributed by atoms with Crippen molar-refractivity contribution in [2.75, 3.05) is 7.11 Å². The number of fused-ring (bicyclic) bond motifs is 1. The van der Waals surface area contributed by atoms with Gasteiger partial charge in [-0.2, -0.15) is 5.10 Å². The Morgan fingerprint density at radius 3 is 2.69 bits per heavy atom. The molecule has 2 N–H and O–H groups in total. The maximum absolute atomic E-state index is 12.3. The van der Waals surface area contributed by atoms with Crippen molar-refractivity contribution in [3.05, 3.63) is 71.0 Å². The van der Waals surface area contributed by atoms with Gasteiger partial charge >= 0.3 is 0 Å². The number of hydrogen-bond donors (Lipinski definition) is 2. The third-order valence-electron chi connectivity index (χ3n) is 5.30. The first-order valence-corrected chi connectivity index (χ1v) is 9.60. The largest absolute Gasteiger partial charge is 0.493 e. The first-order valence-electron chi connectivity index (χ1n) is 9.60. The molecule has 0 saturated heterocycles. The summed E-state index contributed by atoms with van der Waals surface area (Å²) in [6.07, 6.45) is 2.00. The zero-order valence-electron chi connectivity index (χ0n) is 16.7. The molecule has 29 heavy (non-hydrogen) atoms. The van der Waals surface area contributed by atoms with Gasteiger partial charge in [0.05, 0.1) is 7.11 Å². The van der Waals surface area contributed by atoms with E-state index in [9.17, 15) is 4.79 Å². The molecular weight excluding hydrogens is 366 g/mol. The Morgan fingerprint density at radius 2 is 1.93 bits per heavy atom. The molecule has 1 aliphatic rings. The molecule has 4 rings (SSSR count). The van der Waals surface area contributed by atoms with Crippen LogP contribution in [0.15, 0.2) is 48.7 Å². The molecule has 1 unspecified atom stereocenters. The van der Waals surface area contributed by atoms with Crippen molar-refractivity contribution in [2.45, 2.75) is 32.1 Å². The molecule has 0 saturated carbocycles. The van der Waals surface area contributed by atoms with Gasteiger partial charge < -0.3 is 9.47 Å². The van der Waals surface area contributed by atoms with Crippen LogP contribution in [0.5, 0.6) is 17.2 Å². The number of nitrogens with zero attached hydrogens (tertiary/aromatic N) is 1. The molecule has 1 aromatic heterocycles. The highest BCUT2D eigenvalue weighted by Crippen LogP contribution is 2.40. The average Bonchev–Trinajstić information content (AvgIpc) is 3.21. The molecular formula is C23H23N3O3. The minimum absolute atomic E-state index is 0.0327. The highest BCUT2D eigenvalue weighted by atomic mass is 16.5. The van der Waals surface area contributed by atoms with E-state index in [1.54, 1.807) is 13.3 Å². The lowest BCUT2D eigenvalue weighted by molar-refractivity contribution is -0.113. The van der Waals surface area contributed by atoms with E-state index in [0.29, 0.717) is 23.1 Å². The van der Waals surface area contributed by atoms with Crippen LogP contribution in [-0.4, -0.2) is 28.8 Å². The van der Waals surface area contributed by atoms with Gasteiger partial charge in [-0.3, -0.25) is 15.3 Å². The van der Waals surface area contributed by atoms with Crippen molar-refractivity contribution in [2.24, 2.45) is 0 Å². The molecule has 0 amide bonds. The van der Waals surface area contributed by atoms with E-state index in [4.69, 9.17) is 14.9 Å². The minimum atomic E-state index is -0.209. The van der Waals surface area contributed by atoms with Gasteiger partial charge in [0.15, 0.2) is 17.3 Å². The summed E-state index contributed by atoms with van der Waals surface area (Å²) >= 11 is 0. The molecule has 0 aliphatic heterocycles. The van der Waals surface area contributed by atoms with Gasteiger partial charge in [-0.25, -0.2) is 0 Å². The fraction of sp³-hybridized carbons (Fsp3) is 0.261. The van der Waals surface area contributed by atoms with Crippen LogP contribution in [-0.2, 0) is 4.79 Å². The smallest absolute Gasteiger partial charge is 0.183 e. The quantitative estimate of drug-likeness (QED) is 0.656. The van der Waals surface area contributed by atoms with E-state index in [2.05, 4.69) is 30.1 Å². The summed E-state index contributed by atoms with van der Waals surface area (Å²) in [5, 5.41) is 14.8. The van der Waals surface area contributed by atoms with Gasteiger partial charge in [0, 0.05) is 24.1 Å². The lowest BCUT2D eigenvalue weighted by atomic mass is 9.80. The number of benzene rings is 2. The fourth-order valence-electron chi connectivity index (χ4n) is 3.75. The molecule has 1 atom stereocenters. The molecule has 148 valence electrons.